The SMILES string of the molecule is CC(=O)NC1CCc2c([nH]c3cc(O)ccc23)C1. The fraction of sp³-hybridized carbons (Fsp3) is 0.357. The van der Waals surface area contributed by atoms with Crippen molar-refractivity contribution >= 4 is 16.8 Å². The third-order valence-corrected chi connectivity index (χ3v) is 3.58. The van der Waals surface area contributed by atoms with E-state index in [1.54, 1.807) is 19.1 Å². The molecule has 1 aromatic carbocycles. The van der Waals surface area contributed by atoms with Gasteiger partial charge in [0.25, 0.3) is 0 Å². The summed E-state index contributed by atoms with van der Waals surface area (Å²) >= 11 is 0. The zero-order chi connectivity index (χ0) is 12.7. The van der Waals surface area contributed by atoms with E-state index in [0.29, 0.717) is 0 Å². The summed E-state index contributed by atoms with van der Waals surface area (Å²) in [4.78, 5) is 14.4. The van der Waals surface area contributed by atoms with E-state index in [1.165, 1.54) is 16.6 Å². The van der Waals surface area contributed by atoms with Crippen LogP contribution < -0.4 is 5.32 Å². The van der Waals surface area contributed by atoms with Crippen LogP contribution >= 0.6 is 0 Å². The number of hydrogen-bond acceptors (Lipinski definition) is 2. The van der Waals surface area contributed by atoms with E-state index >= 15 is 0 Å². The smallest absolute Gasteiger partial charge is 0.217 e. The summed E-state index contributed by atoms with van der Waals surface area (Å²) in [5, 5.41) is 13.6. The molecular weight excluding hydrogens is 228 g/mol. The van der Waals surface area contributed by atoms with E-state index in [-0.39, 0.29) is 17.7 Å². The molecule has 0 aliphatic heterocycles. The molecule has 3 rings (SSSR count). The fourth-order valence-corrected chi connectivity index (χ4v) is 2.84. The number of hydrogen-bond donors (Lipinski definition) is 3. The highest BCUT2D eigenvalue weighted by Crippen LogP contribution is 2.30. The van der Waals surface area contributed by atoms with Gasteiger partial charge < -0.3 is 15.4 Å². The highest BCUT2D eigenvalue weighted by Gasteiger charge is 2.22. The number of carbonyl (C=O) groups excluding carboxylic acids is 1. The molecule has 1 unspecified atom stereocenters. The Morgan fingerprint density at radius 1 is 1.50 bits per heavy atom. The number of phenolic OH excluding ortho intramolecular Hbond substituents is 1. The van der Waals surface area contributed by atoms with E-state index in [9.17, 15) is 9.90 Å². The van der Waals surface area contributed by atoms with Crippen molar-refractivity contribution < 1.29 is 9.90 Å². The molecule has 4 nitrogen and oxygen atoms in total. The molecule has 1 atom stereocenters. The van der Waals surface area contributed by atoms with Crippen molar-refractivity contribution in [1.82, 2.24) is 10.3 Å². The van der Waals surface area contributed by atoms with Crippen molar-refractivity contribution in [3.63, 3.8) is 0 Å². The van der Waals surface area contributed by atoms with Crippen LogP contribution in [0.1, 0.15) is 24.6 Å². The molecule has 0 spiro atoms. The molecule has 1 aromatic heterocycles. The summed E-state index contributed by atoms with van der Waals surface area (Å²) < 4.78 is 0. The first-order chi connectivity index (χ1) is 8.63. The van der Waals surface area contributed by atoms with E-state index in [0.717, 1.165) is 24.8 Å². The maximum atomic E-state index is 11.1. The Morgan fingerprint density at radius 3 is 3.11 bits per heavy atom. The Labute approximate surface area is 105 Å². The van der Waals surface area contributed by atoms with Gasteiger partial charge in [-0.3, -0.25) is 4.79 Å². The predicted molar refractivity (Wildman–Crippen MR) is 69.6 cm³/mol. The number of carbonyl (C=O) groups is 1. The lowest BCUT2D eigenvalue weighted by molar-refractivity contribution is -0.119. The lowest BCUT2D eigenvalue weighted by Crippen LogP contribution is -2.37. The van der Waals surface area contributed by atoms with E-state index in [4.69, 9.17) is 0 Å². The second-order valence-corrected chi connectivity index (χ2v) is 4.95. The van der Waals surface area contributed by atoms with E-state index < -0.39 is 0 Å². The average molecular weight is 244 g/mol. The first kappa shape index (κ1) is 11.1. The van der Waals surface area contributed by atoms with Crippen LogP contribution in [0.5, 0.6) is 5.75 Å². The number of nitrogens with one attached hydrogen (secondary N) is 2. The Bertz CT molecular complexity index is 616. The summed E-state index contributed by atoms with van der Waals surface area (Å²) in [6.07, 6.45) is 2.77. The molecule has 94 valence electrons. The monoisotopic (exact) mass is 244 g/mol. The van der Waals surface area contributed by atoms with Crippen molar-refractivity contribution in [3.8, 4) is 5.75 Å². The summed E-state index contributed by atoms with van der Waals surface area (Å²) in [5.74, 6) is 0.303. The number of H-pyrrole nitrogens is 1. The largest absolute Gasteiger partial charge is 0.508 e. The lowest BCUT2D eigenvalue weighted by Gasteiger charge is -2.22. The Hall–Kier alpha value is -1.97. The summed E-state index contributed by atoms with van der Waals surface area (Å²) in [6, 6.07) is 5.65. The number of aromatic nitrogens is 1. The maximum Gasteiger partial charge on any atom is 0.217 e. The van der Waals surface area contributed by atoms with Crippen LogP contribution in [-0.2, 0) is 17.6 Å². The van der Waals surface area contributed by atoms with Crippen LogP contribution in [0.2, 0.25) is 0 Å². The lowest BCUT2D eigenvalue weighted by atomic mass is 9.92. The summed E-state index contributed by atoms with van der Waals surface area (Å²) in [7, 11) is 0. The molecule has 1 amide bonds. The van der Waals surface area contributed by atoms with E-state index in [1.807, 2.05) is 6.07 Å². The van der Waals surface area contributed by atoms with Gasteiger partial charge in [0.05, 0.1) is 0 Å². The Balaban J connectivity index is 1.97. The number of amides is 1. The number of benzene rings is 1. The third kappa shape index (κ3) is 1.83. The van der Waals surface area contributed by atoms with Crippen molar-refractivity contribution in [2.75, 3.05) is 0 Å². The first-order valence-corrected chi connectivity index (χ1v) is 6.23. The minimum Gasteiger partial charge on any atom is -0.508 e. The second-order valence-electron chi connectivity index (χ2n) is 4.95. The standard InChI is InChI=1S/C14H16N2O2/c1-8(17)15-9-2-4-11-12-5-3-10(18)7-14(12)16-13(11)6-9/h3,5,7,9,16,18H,2,4,6H2,1H3,(H,15,17). The predicted octanol–water partition coefficient (Wildman–Crippen LogP) is 1.87. The zero-order valence-corrected chi connectivity index (χ0v) is 10.3. The molecule has 1 heterocycles. The number of aryl methyl sites for hydroxylation is 1. The van der Waals surface area contributed by atoms with Gasteiger partial charge in [0, 0.05) is 42.0 Å². The van der Waals surface area contributed by atoms with Crippen LogP contribution in [0.25, 0.3) is 10.9 Å². The van der Waals surface area contributed by atoms with Gasteiger partial charge in [-0.05, 0) is 30.5 Å². The van der Waals surface area contributed by atoms with Gasteiger partial charge in [-0.25, -0.2) is 0 Å². The van der Waals surface area contributed by atoms with Crippen molar-refractivity contribution in [1.29, 1.82) is 0 Å². The molecule has 1 aliphatic rings. The molecule has 0 fully saturated rings. The van der Waals surface area contributed by atoms with E-state index in [2.05, 4.69) is 10.3 Å². The minimum absolute atomic E-state index is 0.0252. The van der Waals surface area contributed by atoms with Crippen molar-refractivity contribution in [2.24, 2.45) is 0 Å². The first-order valence-electron chi connectivity index (χ1n) is 6.23. The van der Waals surface area contributed by atoms with Gasteiger partial charge in [-0.1, -0.05) is 0 Å². The molecule has 4 heteroatoms. The highest BCUT2D eigenvalue weighted by atomic mass is 16.3. The van der Waals surface area contributed by atoms with Crippen LogP contribution in [0, 0.1) is 0 Å². The maximum absolute atomic E-state index is 11.1. The van der Waals surface area contributed by atoms with Crippen molar-refractivity contribution in [2.45, 2.75) is 32.2 Å². The number of fused-ring (bicyclic) bond motifs is 3. The molecular formula is C14H16N2O2. The molecule has 3 N–H and O–H groups in total. The Morgan fingerprint density at radius 2 is 2.33 bits per heavy atom. The highest BCUT2D eigenvalue weighted by molar-refractivity contribution is 5.86. The molecule has 0 saturated carbocycles. The molecule has 0 bridgehead atoms. The number of phenols is 1. The van der Waals surface area contributed by atoms with Gasteiger partial charge in [0.1, 0.15) is 5.75 Å². The molecule has 0 saturated heterocycles. The quantitative estimate of drug-likeness (QED) is 0.717. The third-order valence-electron chi connectivity index (χ3n) is 3.58. The van der Waals surface area contributed by atoms with Crippen LogP contribution in [0.15, 0.2) is 18.2 Å². The topological polar surface area (TPSA) is 65.1 Å². The van der Waals surface area contributed by atoms with Gasteiger partial charge in [-0.15, -0.1) is 0 Å². The normalized spacial score (nSPS) is 18.6. The number of aromatic amines is 1. The zero-order valence-electron chi connectivity index (χ0n) is 10.3. The molecule has 2 aromatic rings. The average Bonchev–Trinajstić information content (AvgIpc) is 2.64. The second kappa shape index (κ2) is 4.05. The molecule has 18 heavy (non-hydrogen) atoms. The van der Waals surface area contributed by atoms with Crippen LogP contribution in [0.3, 0.4) is 0 Å². The van der Waals surface area contributed by atoms with Crippen molar-refractivity contribution in [3.05, 3.63) is 29.5 Å². The van der Waals surface area contributed by atoms with Gasteiger partial charge >= 0.3 is 0 Å². The molecule has 0 radical (unpaired) electrons. The fourth-order valence-electron chi connectivity index (χ4n) is 2.84. The Kier molecular flexibility index (Phi) is 2.51. The van der Waals surface area contributed by atoms with Gasteiger partial charge in [0.2, 0.25) is 5.91 Å². The number of aromatic hydroxyl groups is 1. The van der Waals surface area contributed by atoms with Crippen LogP contribution in [-0.4, -0.2) is 22.0 Å². The molecule has 1 aliphatic carbocycles. The number of rotatable bonds is 1. The minimum atomic E-state index is 0.0252. The van der Waals surface area contributed by atoms with Crippen LogP contribution in [0.4, 0.5) is 0 Å². The van der Waals surface area contributed by atoms with Gasteiger partial charge in [0.15, 0.2) is 0 Å². The summed E-state index contributed by atoms with van der Waals surface area (Å²) in [6.45, 7) is 1.55. The summed E-state index contributed by atoms with van der Waals surface area (Å²) in [5.41, 5.74) is 3.48. The van der Waals surface area contributed by atoms with Gasteiger partial charge in [-0.2, -0.15) is 0 Å².